The zero-order chi connectivity index (χ0) is 21.0. The van der Waals surface area contributed by atoms with Crippen molar-refractivity contribution in [1.82, 2.24) is 19.4 Å². The van der Waals surface area contributed by atoms with E-state index in [4.69, 9.17) is 5.11 Å². The quantitative estimate of drug-likeness (QED) is 0.441. The highest BCUT2D eigenvalue weighted by Gasteiger charge is 2.12. The van der Waals surface area contributed by atoms with Crippen LogP contribution >= 0.6 is 0 Å². The molecule has 0 spiro atoms. The lowest BCUT2D eigenvalue weighted by molar-refractivity contribution is 0.0942. The van der Waals surface area contributed by atoms with Gasteiger partial charge >= 0.3 is 0 Å². The molecule has 0 saturated heterocycles. The molecule has 2 aromatic heterocycles. The average Bonchev–Trinajstić information content (AvgIpc) is 3.09. The van der Waals surface area contributed by atoms with E-state index in [1.165, 1.54) is 0 Å². The zero-order valence-electron chi connectivity index (χ0n) is 16.1. The Morgan fingerprint density at radius 1 is 1.21 bits per heavy atom. The topological polar surface area (TPSA) is 125 Å². The van der Waals surface area contributed by atoms with E-state index in [2.05, 4.69) is 19.7 Å². The monoisotopic (exact) mass is 417 g/mol. The molecule has 0 unspecified atom stereocenters. The molecule has 29 heavy (non-hydrogen) atoms. The maximum absolute atomic E-state index is 12.2. The summed E-state index contributed by atoms with van der Waals surface area (Å²) in [5, 5.41) is 11.6. The van der Waals surface area contributed by atoms with Crippen LogP contribution in [0.4, 0.5) is 5.69 Å². The Labute approximate surface area is 169 Å². The third-order valence-electron chi connectivity index (χ3n) is 3.95. The number of amides is 1. The predicted octanol–water partition coefficient (Wildman–Crippen LogP) is 1.38. The lowest BCUT2D eigenvalue weighted by atomic mass is 10.1. The number of aliphatic hydroxyl groups excluding tert-OH is 1. The molecule has 0 radical (unpaired) electrons. The second-order valence-corrected chi connectivity index (χ2v) is 8.24. The summed E-state index contributed by atoms with van der Waals surface area (Å²) in [6.45, 7) is 3.42. The molecule has 0 saturated carbocycles. The number of aromatic nitrogens is 2. The van der Waals surface area contributed by atoms with Crippen molar-refractivity contribution in [2.75, 3.05) is 17.9 Å². The predicted molar refractivity (Wildman–Crippen MR) is 111 cm³/mol. The maximum atomic E-state index is 12.2. The molecule has 0 aliphatic carbocycles. The molecule has 0 bridgehead atoms. The van der Waals surface area contributed by atoms with Crippen molar-refractivity contribution < 1.29 is 18.3 Å². The van der Waals surface area contributed by atoms with Crippen LogP contribution in [0.25, 0.3) is 16.9 Å². The minimum Gasteiger partial charge on any atom is -0.395 e. The number of pyridine rings is 1. The molecule has 0 fully saturated rings. The lowest BCUT2D eigenvalue weighted by Gasteiger charge is -2.09. The first-order chi connectivity index (χ1) is 13.8. The Morgan fingerprint density at radius 3 is 2.72 bits per heavy atom. The van der Waals surface area contributed by atoms with Crippen molar-refractivity contribution >= 4 is 27.5 Å². The van der Waals surface area contributed by atoms with Gasteiger partial charge in [0.1, 0.15) is 5.65 Å². The second kappa shape index (κ2) is 8.60. The van der Waals surface area contributed by atoms with Gasteiger partial charge in [-0.3, -0.25) is 9.52 Å². The van der Waals surface area contributed by atoms with Gasteiger partial charge in [-0.1, -0.05) is 12.1 Å². The van der Waals surface area contributed by atoms with Crippen LogP contribution in [0.2, 0.25) is 0 Å². The number of hydrogen-bond acceptors (Lipinski definition) is 5. The van der Waals surface area contributed by atoms with Gasteiger partial charge in [0.2, 0.25) is 0 Å². The number of hydrogen-bond donors (Lipinski definition) is 4. The lowest BCUT2D eigenvalue weighted by Crippen LogP contribution is -2.32. The van der Waals surface area contributed by atoms with Gasteiger partial charge in [0.05, 0.1) is 23.6 Å². The summed E-state index contributed by atoms with van der Waals surface area (Å²) in [5.41, 5.74) is 2.89. The third kappa shape index (κ3) is 5.31. The summed E-state index contributed by atoms with van der Waals surface area (Å²) in [6.07, 6.45) is 3.48. The number of rotatable bonds is 8. The van der Waals surface area contributed by atoms with Gasteiger partial charge in [-0.2, -0.15) is 13.1 Å². The average molecular weight is 417 g/mol. The molecular formula is C19H23N5O4S. The number of nitrogens with one attached hydrogen (secondary N) is 3. The summed E-state index contributed by atoms with van der Waals surface area (Å²) in [6, 6.07) is 10.3. The molecule has 154 valence electrons. The molecule has 3 aromatic rings. The highest BCUT2D eigenvalue weighted by Crippen LogP contribution is 2.23. The van der Waals surface area contributed by atoms with Gasteiger partial charge in [0.25, 0.3) is 16.1 Å². The van der Waals surface area contributed by atoms with Crippen LogP contribution in [0.5, 0.6) is 0 Å². The van der Waals surface area contributed by atoms with Gasteiger partial charge in [0, 0.05) is 30.5 Å². The van der Waals surface area contributed by atoms with Crippen molar-refractivity contribution in [3.8, 4) is 11.3 Å². The van der Waals surface area contributed by atoms with Crippen molar-refractivity contribution in [1.29, 1.82) is 0 Å². The molecule has 3 rings (SSSR count). The van der Waals surface area contributed by atoms with Crippen LogP contribution in [-0.2, 0) is 10.2 Å². The van der Waals surface area contributed by atoms with E-state index in [9.17, 15) is 13.2 Å². The minimum absolute atomic E-state index is 0.0370. The van der Waals surface area contributed by atoms with Gasteiger partial charge in [-0.15, -0.1) is 0 Å². The van der Waals surface area contributed by atoms with E-state index < -0.39 is 10.2 Å². The number of anilines is 1. The Bertz CT molecular complexity index is 1120. The summed E-state index contributed by atoms with van der Waals surface area (Å²) < 4.78 is 30.2. The van der Waals surface area contributed by atoms with Crippen LogP contribution in [-0.4, -0.2) is 48.0 Å². The third-order valence-corrected chi connectivity index (χ3v) is 5.04. The number of benzene rings is 1. The number of nitrogens with zero attached hydrogens (tertiary/aromatic N) is 2. The SMILES string of the molecule is CC(C)NC(=O)c1ccc2nc(-c3cccc(NS(=O)(=O)NCCO)c3)cn2c1. The number of carbonyl (C=O) groups is 1. The molecule has 0 aliphatic rings. The van der Waals surface area contributed by atoms with Crippen molar-refractivity contribution in [3.63, 3.8) is 0 Å². The van der Waals surface area contributed by atoms with Gasteiger partial charge < -0.3 is 14.8 Å². The number of imidazole rings is 1. The van der Waals surface area contributed by atoms with E-state index in [0.29, 0.717) is 28.2 Å². The Morgan fingerprint density at radius 2 is 2.00 bits per heavy atom. The summed E-state index contributed by atoms with van der Waals surface area (Å²) in [5.74, 6) is -0.163. The van der Waals surface area contributed by atoms with Gasteiger partial charge in [-0.05, 0) is 38.1 Å². The van der Waals surface area contributed by atoms with Crippen molar-refractivity contribution in [2.24, 2.45) is 0 Å². The number of carbonyl (C=O) groups excluding carboxylic acids is 1. The van der Waals surface area contributed by atoms with Crippen LogP contribution in [0.15, 0.2) is 48.8 Å². The fraction of sp³-hybridized carbons (Fsp3) is 0.263. The first-order valence-corrected chi connectivity index (χ1v) is 10.5. The molecule has 4 N–H and O–H groups in total. The number of aliphatic hydroxyl groups is 1. The summed E-state index contributed by atoms with van der Waals surface area (Å²) in [7, 11) is -3.78. The summed E-state index contributed by atoms with van der Waals surface area (Å²) >= 11 is 0. The Balaban J connectivity index is 1.86. The molecule has 1 aromatic carbocycles. The van der Waals surface area contributed by atoms with E-state index >= 15 is 0 Å². The molecule has 2 heterocycles. The Kier molecular flexibility index (Phi) is 6.16. The fourth-order valence-corrected chi connectivity index (χ4v) is 3.59. The molecule has 10 heteroatoms. The zero-order valence-corrected chi connectivity index (χ0v) is 16.9. The smallest absolute Gasteiger partial charge is 0.299 e. The van der Waals surface area contributed by atoms with Crippen LogP contribution < -0.4 is 14.8 Å². The highest BCUT2D eigenvalue weighted by molar-refractivity contribution is 7.90. The van der Waals surface area contributed by atoms with Crippen LogP contribution in [0, 0.1) is 0 Å². The molecule has 0 atom stereocenters. The second-order valence-electron chi connectivity index (χ2n) is 6.74. The number of fused-ring (bicyclic) bond motifs is 1. The van der Waals surface area contributed by atoms with Gasteiger partial charge in [-0.25, -0.2) is 4.98 Å². The van der Waals surface area contributed by atoms with Crippen LogP contribution in [0.1, 0.15) is 24.2 Å². The maximum Gasteiger partial charge on any atom is 0.299 e. The van der Waals surface area contributed by atoms with E-state index in [0.717, 1.165) is 0 Å². The van der Waals surface area contributed by atoms with E-state index in [1.807, 2.05) is 19.9 Å². The standard InChI is InChI=1S/C19H23N5O4S/c1-13(2)21-19(26)15-6-7-18-22-17(12-24(18)11-15)14-4-3-5-16(10-14)23-29(27,28)20-8-9-25/h3-7,10-13,20,23,25H,8-9H2,1-2H3,(H,21,26). The first kappa shape index (κ1) is 20.8. The highest BCUT2D eigenvalue weighted by atomic mass is 32.2. The van der Waals surface area contributed by atoms with E-state index in [1.54, 1.807) is 47.1 Å². The largest absolute Gasteiger partial charge is 0.395 e. The van der Waals surface area contributed by atoms with Crippen molar-refractivity contribution in [3.05, 3.63) is 54.4 Å². The molecular weight excluding hydrogens is 394 g/mol. The van der Waals surface area contributed by atoms with E-state index in [-0.39, 0.29) is 25.1 Å². The van der Waals surface area contributed by atoms with Gasteiger partial charge in [0.15, 0.2) is 0 Å². The summed E-state index contributed by atoms with van der Waals surface area (Å²) in [4.78, 5) is 16.7. The molecule has 0 aliphatic heterocycles. The first-order valence-electron chi connectivity index (χ1n) is 9.06. The van der Waals surface area contributed by atoms with Crippen LogP contribution in [0.3, 0.4) is 0 Å². The molecule has 9 nitrogen and oxygen atoms in total. The fourth-order valence-electron chi connectivity index (χ4n) is 2.72. The molecule has 1 amide bonds. The van der Waals surface area contributed by atoms with Crippen molar-refractivity contribution in [2.45, 2.75) is 19.9 Å². The Hall–Kier alpha value is -2.95. The minimum atomic E-state index is -3.78. The normalized spacial score (nSPS) is 11.7.